The van der Waals surface area contributed by atoms with Crippen LogP contribution in [0.15, 0.2) is 51.0 Å². The number of benzene rings is 1. The number of fused-ring (bicyclic) bond motifs is 1. The molecule has 0 atom stereocenters. The van der Waals surface area contributed by atoms with E-state index < -0.39 is 22.1 Å². The zero-order chi connectivity index (χ0) is 20.4. The average molecular weight is 401 g/mol. The number of aryl methyl sites for hydroxylation is 1. The summed E-state index contributed by atoms with van der Waals surface area (Å²) in [4.78, 5) is 51.6. The number of anilines is 1. The summed E-state index contributed by atoms with van der Waals surface area (Å²) in [5.41, 5.74) is -0.576. The van der Waals surface area contributed by atoms with Crippen LogP contribution in [-0.4, -0.2) is 30.7 Å². The minimum absolute atomic E-state index is 0.0339. The number of amides is 1. The number of nitro groups is 1. The van der Waals surface area contributed by atoms with E-state index in [1.165, 1.54) is 43.1 Å². The molecule has 1 aromatic carbocycles. The molecular weight excluding hydrogens is 386 g/mol. The highest BCUT2D eigenvalue weighted by Crippen LogP contribution is 2.24. The highest BCUT2D eigenvalue weighted by Gasteiger charge is 2.15. The van der Waals surface area contributed by atoms with Crippen molar-refractivity contribution in [3.8, 4) is 0 Å². The number of nitrogens with zero attached hydrogens (tertiary/aromatic N) is 4. The predicted molar refractivity (Wildman–Crippen MR) is 105 cm³/mol. The minimum atomic E-state index is -0.548. The number of aromatic nitrogens is 3. The van der Waals surface area contributed by atoms with E-state index in [0.29, 0.717) is 10.6 Å². The molecule has 28 heavy (non-hydrogen) atoms. The number of nitrogens with one attached hydrogen (secondary N) is 1. The number of thioether (sulfide) groups is 1. The van der Waals surface area contributed by atoms with E-state index in [4.69, 9.17) is 0 Å². The van der Waals surface area contributed by atoms with Gasteiger partial charge in [0.05, 0.1) is 16.1 Å². The van der Waals surface area contributed by atoms with Gasteiger partial charge in [0.25, 0.3) is 11.2 Å². The lowest BCUT2D eigenvalue weighted by Gasteiger charge is -2.10. The first kappa shape index (κ1) is 19.3. The summed E-state index contributed by atoms with van der Waals surface area (Å²) in [5.74, 6) is -0.425. The summed E-state index contributed by atoms with van der Waals surface area (Å²) in [6, 6.07) is 7.20. The first-order valence-electron chi connectivity index (χ1n) is 8.01. The summed E-state index contributed by atoms with van der Waals surface area (Å²) >= 11 is 1.11. The molecule has 0 aliphatic heterocycles. The Bertz CT molecular complexity index is 1220. The monoisotopic (exact) mass is 401 g/mol. The van der Waals surface area contributed by atoms with Crippen LogP contribution in [0, 0.1) is 10.1 Å². The number of non-ortho nitro benzene ring substituents is 1. The van der Waals surface area contributed by atoms with Gasteiger partial charge >= 0.3 is 5.69 Å². The Morgan fingerprint density at radius 2 is 2.00 bits per heavy atom. The molecular formula is C17H15N5O5S. The summed E-state index contributed by atoms with van der Waals surface area (Å²) in [7, 11) is 2.89. The third-order valence-corrected chi connectivity index (χ3v) is 5.06. The fourth-order valence-corrected chi connectivity index (χ4v) is 3.46. The zero-order valence-corrected chi connectivity index (χ0v) is 15.7. The number of nitro benzene ring substituents is 1. The molecule has 0 fully saturated rings. The molecule has 11 heteroatoms. The molecule has 1 N–H and O–H groups in total. The van der Waals surface area contributed by atoms with Crippen LogP contribution in [0.2, 0.25) is 0 Å². The number of rotatable bonds is 5. The second-order valence-electron chi connectivity index (χ2n) is 5.86. The Hall–Kier alpha value is -3.47. The number of hydrogen-bond donors (Lipinski definition) is 1. The van der Waals surface area contributed by atoms with E-state index >= 15 is 0 Å². The van der Waals surface area contributed by atoms with Gasteiger partial charge in [-0.3, -0.25) is 28.8 Å². The molecule has 3 rings (SSSR count). The van der Waals surface area contributed by atoms with Crippen molar-refractivity contribution in [1.29, 1.82) is 0 Å². The van der Waals surface area contributed by atoms with Crippen LogP contribution >= 0.6 is 11.8 Å². The van der Waals surface area contributed by atoms with Gasteiger partial charge < -0.3 is 5.32 Å². The third-order valence-electron chi connectivity index (χ3n) is 4.00. The highest BCUT2D eigenvalue weighted by atomic mass is 32.2. The van der Waals surface area contributed by atoms with Gasteiger partial charge in [-0.1, -0.05) is 6.07 Å². The molecule has 0 saturated carbocycles. The van der Waals surface area contributed by atoms with E-state index in [1.54, 1.807) is 12.1 Å². The lowest BCUT2D eigenvalue weighted by atomic mass is 10.3. The Labute approximate surface area is 162 Å². The molecule has 2 heterocycles. The topological polar surface area (TPSA) is 129 Å². The molecule has 0 saturated heterocycles. The first-order valence-corrected chi connectivity index (χ1v) is 9.00. The van der Waals surface area contributed by atoms with Crippen molar-refractivity contribution in [3.05, 3.63) is 67.5 Å². The van der Waals surface area contributed by atoms with Crippen LogP contribution < -0.4 is 16.6 Å². The molecule has 10 nitrogen and oxygen atoms in total. The summed E-state index contributed by atoms with van der Waals surface area (Å²) < 4.78 is 2.25. The van der Waals surface area contributed by atoms with Crippen LogP contribution in [0.25, 0.3) is 11.0 Å². The van der Waals surface area contributed by atoms with Crippen molar-refractivity contribution >= 4 is 40.1 Å². The second-order valence-corrected chi connectivity index (χ2v) is 6.87. The quantitative estimate of drug-likeness (QED) is 0.387. The third kappa shape index (κ3) is 3.64. The maximum Gasteiger partial charge on any atom is 0.332 e. The normalized spacial score (nSPS) is 10.8. The van der Waals surface area contributed by atoms with Crippen LogP contribution in [0.5, 0.6) is 0 Å². The number of hydrogen-bond acceptors (Lipinski definition) is 7. The van der Waals surface area contributed by atoms with Crippen LogP contribution in [0.1, 0.15) is 0 Å². The Morgan fingerprint density at radius 1 is 1.25 bits per heavy atom. The minimum Gasteiger partial charge on any atom is -0.325 e. The van der Waals surface area contributed by atoms with Crippen LogP contribution in [0.4, 0.5) is 11.4 Å². The van der Waals surface area contributed by atoms with Crippen LogP contribution in [0.3, 0.4) is 0 Å². The van der Waals surface area contributed by atoms with Gasteiger partial charge in [-0.05, 0) is 12.1 Å². The predicted octanol–water partition coefficient (Wildman–Crippen LogP) is 1.27. The fourth-order valence-electron chi connectivity index (χ4n) is 2.62. The lowest BCUT2D eigenvalue weighted by molar-refractivity contribution is -0.384. The van der Waals surface area contributed by atoms with E-state index in [2.05, 4.69) is 10.3 Å². The van der Waals surface area contributed by atoms with Gasteiger partial charge in [-0.2, -0.15) is 0 Å². The first-order chi connectivity index (χ1) is 13.3. The van der Waals surface area contributed by atoms with E-state index in [1.807, 2.05) is 0 Å². The van der Waals surface area contributed by atoms with E-state index in [0.717, 1.165) is 16.3 Å². The van der Waals surface area contributed by atoms with Gasteiger partial charge in [0.1, 0.15) is 5.65 Å². The van der Waals surface area contributed by atoms with Gasteiger partial charge in [0, 0.05) is 43.0 Å². The molecule has 0 bridgehead atoms. The molecule has 0 radical (unpaired) electrons. The Kier molecular flexibility index (Phi) is 5.27. The van der Waals surface area contributed by atoms with Crippen molar-refractivity contribution in [3.63, 3.8) is 0 Å². The van der Waals surface area contributed by atoms with Crippen molar-refractivity contribution in [2.45, 2.75) is 4.90 Å². The van der Waals surface area contributed by atoms with Crippen molar-refractivity contribution < 1.29 is 9.72 Å². The molecule has 0 aliphatic rings. The van der Waals surface area contributed by atoms with Gasteiger partial charge in [0.2, 0.25) is 5.91 Å². The summed E-state index contributed by atoms with van der Waals surface area (Å²) in [5, 5.41) is 13.6. The molecule has 0 aliphatic carbocycles. The molecule has 144 valence electrons. The van der Waals surface area contributed by atoms with Crippen LogP contribution in [-0.2, 0) is 18.9 Å². The molecule has 3 aromatic rings. The SMILES string of the molecule is Cn1c(=O)c2c(SCC(=O)Nc3cccc([N+](=O)[O-])c3)ccnc2n(C)c1=O. The van der Waals surface area contributed by atoms with Crippen molar-refractivity contribution in [2.24, 2.45) is 14.1 Å². The Balaban J connectivity index is 1.83. The molecule has 2 aromatic heterocycles. The summed E-state index contributed by atoms with van der Waals surface area (Å²) in [6.07, 6.45) is 1.46. The van der Waals surface area contributed by atoms with E-state index in [9.17, 15) is 24.5 Å². The molecule has 0 unspecified atom stereocenters. The van der Waals surface area contributed by atoms with Gasteiger partial charge in [0.15, 0.2) is 0 Å². The van der Waals surface area contributed by atoms with Gasteiger partial charge in [-0.25, -0.2) is 9.78 Å². The second kappa shape index (κ2) is 7.64. The fraction of sp³-hybridized carbons (Fsp3) is 0.176. The standard InChI is InChI=1S/C17H15N5O5S/c1-20-15-14(16(24)21(2)17(20)25)12(6-7-18-15)28-9-13(23)19-10-4-3-5-11(8-10)22(26)27/h3-8H,9H2,1-2H3,(H,19,23). The number of pyridine rings is 1. The van der Waals surface area contributed by atoms with Gasteiger partial charge in [-0.15, -0.1) is 11.8 Å². The highest BCUT2D eigenvalue weighted by molar-refractivity contribution is 8.00. The lowest BCUT2D eigenvalue weighted by Crippen LogP contribution is -2.37. The summed E-state index contributed by atoms with van der Waals surface area (Å²) in [6.45, 7) is 0. The zero-order valence-electron chi connectivity index (χ0n) is 14.9. The van der Waals surface area contributed by atoms with E-state index in [-0.39, 0.29) is 22.5 Å². The smallest absolute Gasteiger partial charge is 0.325 e. The van der Waals surface area contributed by atoms with Crippen molar-refractivity contribution in [1.82, 2.24) is 14.1 Å². The molecule has 1 amide bonds. The number of carbonyl (C=O) groups excluding carboxylic acids is 1. The maximum absolute atomic E-state index is 12.5. The Morgan fingerprint density at radius 3 is 2.71 bits per heavy atom. The maximum atomic E-state index is 12.5. The van der Waals surface area contributed by atoms with Crippen molar-refractivity contribution in [2.75, 3.05) is 11.1 Å². The average Bonchev–Trinajstić information content (AvgIpc) is 2.69. The number of carbonyl (C=O) groups is 1. The largest absolute Gasteiger partial charge is 0.332 e. The molecule has 0 spiro atoms.